The number of anilines is 2. The number of esters is 1. The summed E-state index contributed by atoms with van der Waals surface area (Å²) in [5, 5.41) is 10.5. The minimum absolute atomic E-state index is 0.00977. The van der Waals surface area contributed by atoms with Crippen LogP contribution < -0.4 is 9.91 Å². The third kappa shape index (κ3) is 8.74. The molecule has 0 fully saturated rings. The summed E-state index contributed by atoms with van der Waals surface area (Å²) in [6.07, 6.45) is -2.39. The summed E-state index contributed by atoms with van der Waals surface area (Å²) >= 11 is 0. The number of carbonyl (C=O) groups is 3. The molecule has 0 N–H and O–H groups in total. The van der Waals surface area contributed by atoms with Gasteiger partial charge in [-0.1, -0.05) is 32.6 Å². The summed E-state index contributed by atoms with van der Waals surface area (Å²) in [5.41, 5.74) is -0.646. The number of hydrogen-bond acceptors (Lipinski definition) is 6. The third-order valence-electron chi connectivity index (χ3n) is 4.96. The molecule has 2 amide bonds. The molecule has 2 aromatic carbocycles. The van der Waals surface area contributed by atoms with Gasteiger partial charge in [-0.05, 0) is 56.3 Å². The number of rotatable bonds is 8. The van der Waals surface area contributed by atoms with E-state index in [0.717, 1.165) is 17.1 Å². The lowest BCUT2D eigenvalue weighted by molar-refractivity contribution is -0.147. The van der Waals surface area contributed by atoms with Crippen molar-refractivity contribution in [3.63, 3.8) is 0 Å². The van der Waals surface area contributed by atoms with E-state index in [9.17, 15) is 27.6 Å². The van der Waals surface area contributed by atoms with Crippen molar-refractivity contribution in [2.24, 2.45) is 0 Å². The zero-order chi connectivity index (χ0) is 29.8. The molecule has 0 aliphatic heterocycles. The van der Waals surface area contributed by atoms with E-state index in [1.807, 2.05) is 19.9 Å². The van der Waals surface area contributed by atoms with E-state index in [-0.39, 0.29) is 18.0 Å². The zero-order valence-electron chi connectivity index (χ0n) is 22.5. The summed E-state index contributed by atoms with van der Waals surface area (Å²) in [5.74, 6) is -2.74. The summed E-state index contributed by atoms with van der Waals surface area (Å²) in [6, 6.07) is 12.0. The van der Waals surface area contributed by atoms with Gasteiger partial charge in [-0.25, -0.2) is 10.0 Å². The van der Waals surface area contributed by atoms with E-state index < -0.39 is 35.9 Å². The number of alkyl halides is 3. The number of ether oxygens (including phenoxy) is 1. The van der Waals surface area contributed by atoms with Crippen LogP contribution in [-0.2, 0) is 25.3 Å². The zero-order valence-corrected chi connectivity index (χ0v) is 22.5. The number of allylic oxidation sites excluding steroid dienone is 1. The van der Waals surface area contributed by atoms with E-state index in [1.165, 1.54) is 43.3 Å². The Labute approximate surface area is 226 Å². The number of amides is 2. The average molecular weight is 545 g/mol. The Morgan fingerprint density at radius 3 is 2.21 bits per heavy atom. The van der Waals surface area contributed by atoms with Crippen molar-refractivity contribution in [2.45, 2.75) is 40.3 Å². The Morgan fingerprint density at radius 2 is 1.69 bits per heavy atom. The molecule has 0 radical (unpaired) electrons. The molecule has 0 saturated heterocycles. The topological polar surface area (TPSA) is 93.9 Å². The molecule has 0 atom stereocenters. The molecular formula is C28H31F3N4O4. The fraction of sp³-hybridized carbons (Fsp3) is 0.286. The maximum Gasteiger partial charge on any atom is 0.416 e. The Balaban J connectivity index is 0.00000371. The Morgan fingerprint density at radius 1 is 1.08 bits per heavy atom. The number of nitrogens with zero attached hydrogens (tertiary/aromatic N) is 4. The van der Waals surface area contributed by atoms with Crippen LogP contribution in [0.4, 0.5) is 24.5 Å². The van der Waals surface area contributed by atoms with Crippen LogP contribution in [0.25, 0.3) is 0 Å². The minimum atomic E-state index is -4.71. The minimum Gasteiger partial charge on any atom is -0.466 e. The van der Waals surface area contributed by atoms with E-state index in [0.29, 0.717) is 22.3 Å². The first-order chi connectivity index (χ1) is 18.4. The first-order valence-corrected chi connectivity index (χ1v) is 12.0. The van der Waals surface area contributed by atoms with Crippen LogP contribution in [0.1, 0.15) is 45.2 Å². The van der Waals surface area contributed by atoms with Crippen LogP contribution >= 0.6 is 0 Å². The molecule has 8 nitrogen and oxygen atoms in total. The van der Waals surface area contributed by atoms with Gasteiger partial charge in [0.25, 0.3) is 11.8 Å². The normalized spacial score (nSPS) is 10.5. The molecule has 0 aliphatic carbocycles. The molecule has 0 aromatic heterocycles. The Hall–Kier alpha value is -4.59. The van der Waals surface area contributed by atoms with Crippen molar-refractivity contribution in [3.8, 4) is 6.07 Å². The monoisotopic (exact) mass is 544 g/mol. The van der Waals surface area contributed by atoms with Crippen LogP contribution in [0.3, 0.4) is 0 Å². The quantitative estimate of drug-likeness (QED) is 0.180. The molecule has 2 aromatic rings. The number of carbonyl (C=O) groups excluding carboxylic acids is 3. The molecule has 2 rings (SSSR count). The second-order valence-electron chi connectivity index (χ2n) is 7.52. The van der Waals surface area contributed by atoms with E-state index in [4.69, 9.17) is 10.00 Å². The Kier molecular flexibility index (Phi) is 12.5. The predicted octanol–water partition coefficient (Wildman–Crippen LogP) is 5.82. The number of halogens is 3. The van der Waals surface area contributed by atoms with Gasteiger partial charge in [0, 0.05) is 18.9 Å². The van der Waals surface area contributed by atoms with E-state index in [1.54, 1.807) is 25.1 Å². The lowest BCUT2D eigenvalue weighted by Gasteiger charge is -2.34. The SMILES string of the molecule is C=C(C(=O)N(C)N(C(=O)CC(=O)OCC)c1cccc(C(F)(F)F)c1)N(/C=C\C)c1ccc(C#N)cc1.CC. The second kappa shape index (κ2) is 15.0. The first-order valence-electron chi connectivity index (χ1n) is 12.0. The summed E-state index contributed by atoms with van der Waals surface area (Å²) in [7, 11) is 1.17. The molecule has 208 valence electrons. The molecule has 0 bridgehead atoms. The largest absolute Gasteiger partial charge is 0.466 e. The molecule has 0 aliphatic rings. The molecule has 0 saturated carbocycles. The van der Waals surface area contributed by atoms with Crippen molar-refractivity contribution >= 4 is 29.2 Å². The van der Waals surface area contributed by atoms with Gasteiger partial charge in [0.05, 0.1) is 29.5 Å². The highest BCUT2D eigenvalue weighted by Crippen LogP contribution is 2.32. The highest BCUT2D eigenvalue weighted by Gasteiger charge is 2.34. The molecule has 11 heteroatoms. The lowest BCUT2D eigenvalue weighted by Crippen LogP contribution is -2.50. The van der Waals surface area contributed by atoms with Crippen LogP contribution in [0, 0.1) is 11.3 Å². The number of benzene rings is 2. The van der Waals surface area contributed by atoms with Crippen molar-refractivity contribution in [2.75, 3.05) is 23.6 Å². The smallest absolute Gasteiger partial charge is 0.416 e. The summed E-state index contributed by atoms with van der Waals surface area (Å²) in [4.78, 5) is 39.8. The Bertz CT molecular complexity index is 1230. The average Bonchev–Trinajstić information content (AvgIpc) is 2.92. The number of nitriles is 1. The van der Waals surface area contributed by atoms with Crippen LogP contribution in [0.15, 0.2) is 73.1 Å². The third-order valence-corrected chi connectivity index (χ3v) is 4.96. The van der Waals surface area contributed by atoms with Crippen LogP contribution in [0.2, 0.25) is 0 Å². The number of hydrazine groups is 1. The van der Waals surface area contributed by atoms with Gasteiger partial charge >= 0.3 is 12.1 Å². The van der Waals surface area contributed by atoms with Crippen LogP contribution in [0.5, 0.6) is 0 Å². The first kappa shape index (κ1) is 32.4. The second-order valence-corrected chi connectivity index (χ2v) is 7.52. The molecule has 39 heavy (non-hydrogen) atoms. The van der Waals surface area contributed by atoms with Gasteiger partial charge in [-0.15, -0.1) is 0 Å². The highest BCUT2D eigenvalue weighted by atomic mass is 19.4. The van der Waals surface area contributed by atoms with Gasteiger partial charge in [-0.2, -0.15) is 18.4 Å². The molecule has 0 heterocycles. The van der Waals surface area contributed by atoms with Gasteiger partial charge in [-0.3, -0.25) is 14.4 Å². The predicted molar refractivity (Wildman–Crippen MR) is 142 cm³/mol. The molecule has 0 spiro atoms. The van der Waals surface area contributed by atoms with Gasteiger partial charge in [0.1, 0.15) is 12.1 Å². The summed E-state index contributed by atoms with van der Waals surface area (Å²) in [6.45, 7) is 11.0. The van der Waals surface area contributed by atoms with Crippen molar-refractivity contribution in [1.82, 2.24) is 5.01 Å². The lowest BCUT2D eigenvalue weighted by atomic mass is 10.2. The molecular weight excluding hydrogens is 513 g/mol. The van der Waals surface area contributed by atoms with Crippen molar-refractivity contribution in [3.05, 3.63) is 84.2 Å². The molecule has 0 unspecified atom stereocenters. The van der Waals surface area contributed by atoms with Gasteiger partial charge < -0.3 is 9.64 Å². The maximum atomic E-state index is 13.4. The maximum absolute atomic E-state index is 13.4. The standard InChI is InChI=1S/C26H25F3N4O4.C2H6/c1-5-14-32(21-12-10-19(17-30)11-13-21)18(3)25(36)31(4)33(23(34)16-24(35)37-6-2)22-9-7-8-20(15-22)26(27,28)29;1-2/h5,7-15H,3,6,16H2,1-2,4H3;1-2H3/b14-5-;. The van der Waals surface area contributed by atoms with Crippen molar-refractivity contribution < 1.29 is 32.3 Å². The van der Waals surface area contributed by atoms with E-state index in [2.05, 4.69) is 6.58 Å². The highest BCUT2D eigenvalue weighted by molar-refractivity contribution is 6.07. The van der Waals surface area contributed by atoms with Crippen LogP contribution in [-0.4, -0.2) is 36.4 Å². The van der Waals surface area contributed by atoms with Gasteiger partial charge in [0.2, 0.25) is 0 Å². The van der Waals surface area contributed by atoms with Gasteiger partial charge in [0.15, 0.2) is 0 Å². The van der Waals surface area contributed by atoms with Crippen molar-refractivity contribution in [1.29, 1.82) is 5.26 Å². The van der Waals surface area contributed by atoms with E-state index >= 15 is 0 Å². The number of likely N-dealkylation sites (N-methyl/N-ethyl adjacent to an activating group) is 1. The fourth-order valence-corrected chi connectivity index (χ4v) is 3.27. The number of hydrogen-bond donors (Lipinski definition) is 0. The fourth-order valence-electron chi connectivity index (χ4n) is 3.27. The summed E-state index contributed by atoms with van der Waals surface area (Å²) < 4.78 is 44.9.